The molecule has 66 valence electrons. The Bertz CT molecular complexity index is 261. The molecule has 0 atom stereocenters. The van der Waals surface area contributed by atoms with Gasteiger partial charge < -0.3 is 10.2 Å². The Hall–Kier alpha value is -0.830. The van der Waals surface area contributed by atoms with Crippen molar-refractivity contribution in [1.29, 1.82) is 0 Å². The van der Waals surface area contributed by atoms with E-state index in [4.69, 9.17) is 10.2 Å². The number of thioether (sulfide) groups is 1. The molecule has 0 saturated heterocycles. The van der Waals surface area contributed by atoms with Crippen molar-refractivity contribution in [3.8, 4) is 11.5 Å². The van der Waals surface area contributed by atoms with Crippen LogP contribution in [0.25, 0.3) is 0 Å². The monoisotopic (exact) mass is 184 g/mol. The Kier molecular flexibility index (Phi) is 3.29. The number of hydrogen-bond acceptors (Lipinski definition) is 3. The van der Waals surface area contributed by atoms with Gasteiger partial charge in [-0.15, -0.1) is 11.8 Å². The zero-order valence-electron chi connectivity index (χ0n) is 6.95. The summed E-state index contributed by atoms with van der Waals surface area (Å²) in [6, 6.07) is 4.89. The lowest BCUT2D eigenvalue weighted by Gasteiger charge is -2.01. The van der Waals surface area contributed by atoms with Gasteiger partial charge in [0.2, 0.25) is 0 Å². The van der Waals surface area contributed by atoms with E-state index in [0.29, 0.717) is 0 Å². The van der Waals surface area contributed by atoms with Crippen LogP contribution in [-0.4, -0.2) is 16.0 Å². The van der Waals surface area contributed by atoms with Crippen LogP contribution in [0, 0.1) is 0 Å². The third-order valence-corrected chi connectivity index (χ3v) is 2.62. The number of phenolic OH excluding ortho intramolecular Hbond substituents is 2. The van der Waals surface area contributed by atoms with Crippen molar-refractivity contribution in [2.24, 2.45) is 0 Å². The van der Waals surface area contributed by atoms with Crippen molar-refractivity contribution in [1.82, 2.24) is 0 Å². The second-order valence-corrected chi connectivity index (χ2v) is 3.67. The molecule has 0 amide bonds. The molecule has 0 spiro atoms. The summed E-state index contributed by atoms with van der Waals surface area (Å²) >= 11 is 1.67. The van der Waals surface area contributed by atoms with Crippen LogP contribution in [-0.2, 0) is 0 Å². The van der Waals surface area contributed by atoms with Gasteiger partial charge in [-0.2, -0.15) is 0 Å². The number of hydrogen-bond donors (Lipinski definition) is 2. The molecule has 0 unspecified atom stereocenters. The largest absolute Gasteiger partial charge is 0.504 e. The van der Waals surface area contributed by atoms with Crippen molar-refractivity contribution >= 4 is 11.8 Å². The zero-order chi connectivity index (χ0) is 8.97. The molecule has 0 fully saturated rings. The predicted octanol–water partition coefficient (Wildman–Crippen LogP) is 2.60. The van der Waals surface area contributed by atoms with Gasteiger partial charge in [-0.3, -0.25) is 0 Å². The van der Waals surface area contributed by atoms with E-state index < -0.39 is 0 Å². The second-order valence-electron chi connectivity index (χ2n) is 2.50. The molecule has 1 rings (SSSR count). The minimum Gasteiger partial charge on any atom is -0.504 e. The van der Waals surface area contributed by atoms with Crippen LogP contribution in [0.2, 0.25) is 0 Å². The molecular weight excluding hydrogens is 172 g/mol. The molecule has 1 aromatic rings. The van der Waals surface area contributed by atoms with Gasteiger partial charge in [0.1, 0.15) is 0 Å². The first-order valence-corrected chi connectivity index (χ1v) is 4.87. The Morgan fingerprint density at radius 2 is 2.00 bits per heavy atom. The molecule has 0 heterocycles. The Labute approximate surface area is 76.2 Å². The maximum absolute atomic E-state index is 9.14. The van der Waals surface area contributed by atoms with E-state index in [1.807, 2.05) is 0 Å². The van der Waals surface area contributed by atoms with E-state index in [0.717, 1.165) is 17.1 Å². The lowest BCUT2D eigenvalue weighted by atomic mass is 10.3. The SMILES string of the molecule is CCCSc1ccc(O)c(O)c1. The summed E-state index contributed by atoms with van der Waals surface area (Å²) in [5.41, 5.74) is 0. The van der Waals surface area contributed by atoms with Gasteiger partial charge in [0, 0.05) is 4.90 Å². The normalized spacial score (nSPS) is 10.1. The van der Waals surface area contributed by atoms with Gasteiger partial charge >= 0.3 is 0 Å². The van der Waals surface area contributed by atoms with Crippen molar-refractivity contribution in [3.05, 3.63) is 18.2 Å². The highest BCUT2D eigenvalue weighted by Crippen LogP contribution is 2.29. The van der Waals surface area contributed by atoms with Crippen LogP contribution in [0.15, 0.2) is 23.1 Å². The first-order valence-electron chi connectivity index (χ1n) is 3.89. The highest BCUT2D eigenvalue weighted by Gasteiger charge is 1.99. The number of benzene rings is 1. The van der Waals surface area contributed by atoms with E-state index in [1.165, 1.54) is 6.07 Å². The minimum absolute atomic E-state index is 0.0453. The summed E-state index contributed by atoms with van der Waals surface area (Å²) in [4.78, 5) is 0.993. The van der Waals surface area contributed by atoms with Gasteiger partial charge in [0.05, 0.1) is 0 Å². The van der Waals surface area contributed by atoms with Crippen LogP contribution in [0.3, 0.4) is 0 Å². The molecule has 12 heavy (non-hydrogen) atoms. The van der Waals surface area contributed by atoms with Crippen LogP contribution in [0.1, 0.15) is 13.3 Å². The van der Waals surface area contributed by atoms with Crippen LogP contribution in [0.4, 0.5) is 0 Å². The topological polar surface area (TPSA) is 40.5 Å². The van der Waals surface area contributed by atoms with Gasteiger partial charge in [-0.25, -0.2) is 0 Å². The molecule has 0 saturated carbocycles. The van der Waals surface area contributed by atoms with Gasteiger partial charge in [0.25, 0.3) is 0 Å². The van der Waals surface area contributed by atoms with Gasteiger partial charge in [0.15, 0.2) is 11.5 Å². The maximum Gasteiger partial charge on any atom is 0.158 e. The molecule has 2 N–H and O–H groups in total. The van der Waals surface area contributed by atoms with Crippen LogP contribution >= 0.6 is 11.8 Å². The van der Waals surface area contributed by atoms with E-state index >= 15 is 0 Å². The molecule has 0 aliphatic rings. The summed E-state index contributed by atoms with van der Waals surface area (Å²) in [6.07, 6.45) is 1.10. The summed E-state index contributed by atoms with van der Waals surface area (Å²) in [7, 11) is 0. The Morgan fingerprint density at radius 1 is 1.25 bits per heavy atom. The molecule has 0 aliphatic heterocycles. The summed E-state index contributed by atoms with van der Waals surface area (Å²) in [5, 5.41) is 18.1. The molecule has 3 heteroatoms. The highest BCUT2D eigenvalue weighted by molar-refractivity contribution is 7.99. The van der Waals surface area contributed by atoms with Gasteiger partial charge in [-0.05, 0) is 30.4 Å². The smallest absolute Gasteiger partial charge is 0.158 e. The Balaban J connectivity index is 2.69. The molecule has 2 nitrogen and oxygen atoms in total. The van der Waals surface area contributed by atoms with Crippen molar-refractivity contribution in [2.75, 3.05) is 5.75 Å². The first-order chi connectivity index (χ1) is 5.74. The summed E-state index contributed by atoms with van der Waals surface area (Å²) in [5.74, 6) is 0.927. The van der Waals surface area contributed by atoms with Crippen LogP contribution in [0.5, 0.6) is 11.5 Å². The Morgan fingerprint density at radius 3 is 2.58 bits per heavy atom. The molecule has 1 aromatic carbocycles. The lowest BCUT2D eigenvalue weighted by molar-refractivity contribution is 0.402. The van der Waals surface area contributed by atoms with E-state index in [2.05, 4.69) is 6.92 Å². The lowest BCUT2D eigenvalue weighted by Crippen LogP contribution is -1.76. The minimum atomic E-state index is -0.0594. The van der Waals surface area contributed by atoms with Crippen molar-refractivity contribution < 1.29 is 10.2 Å². The third-order valence-electron chi connectivity index (χ3n) is 1.42. The number of rotatable bonds is 3. The molecule has 0 aromatic heterocycles. The maximum atomic E-state index is 9.14. The summed E-state index contributed by atoms with van der Waals surface area (Å²) < 4.78 is 0. The van der Waals surface area contributed by atoms with Crippen LogP contribution < -0.4 is 0 Å². The molecule has 0 radical (unpaired) electrons. The average Bonchev–Trinajstić information content (AvgIpc) is 2.07. The van der Waals surface area contributed by atoms with E-state index in [9.17, 15) is 0 Å². The number of phenols is 2. The quantitative estimate of drug-likeness (QED) is 0.560. The van der Waals surface area contributed by atoms with Gasteiger partial charge in [-0.1, -0.05) is 6.92 Å². The highest BCUT2D eigenvalue weighted by atomic mass is 32.2. The fraction of sp³-hybridized carbons (Fsp3) is 0.333. The van der Waals surface area contributed by atoms with E-state index in [1.54, 1.807) is 23.9 Å². The second kappa shape index (κ2) is 4.26. The molecule has 0 aliphatic carbocycles. The zero-order valence-corrected chi connectivity index (χ0v) is 7.77. The molecular formula is C9H12O2S. The third kappa shape index (κ3) is 2.34. The van der Waals surface area contributed by atoms with Crippen molar-refractivity contribution in [3.63, 3.8) is 0 Å². The fourth-order valence-electron chi connectivity index (χ4n) is 0.813. The average molecular weight is 184 g/mol. The van der Waals surface area contributed by atoms with Crippen molar-refractivity contribution in [2.45, 2.75) is 18.2 Å². The fourth-order valence-corrected chi connectivity index (χ4v) is 1.61. The molecule has 0 bridgehead atoms. The van der Waals surface area contributed by atoms with E-state index in [-0.39, 0.29) is 11.5 Å². The number of aromatic hydroxyl groups is 2. The first kappa shape index (κ1) is 9.26. The standard InChI is InChI=1S/C9H12O2S/c1-2-5-12-7-3-4-8(10)9(11)6-7/h3-4,6,10-11H,2,5H2,1H3. The predicted molar refractivity (Wildman–Crippen MR) is 50.8 cm³/mol. The summed E-state index contributed by atoms with van der Waals surface area (Å²) in [6.45, 7) is 2.10.